The summed E-state index contributed by atoms with van der Waals surface area (Å²) in [6.45, 7) is 8.36. The molecule has 0 spiro atoms. The summed E-state index contributed by atoms with van der Waals surface area (Å²) in [5.74, 6) is 0.301. The lowest BCUT2D eigenvalue weighted by Crippen LogP contribution is -2.39. The molecule has 1 aromatic rings. The molecule has 1 amide bonds. The highest BCUT2D eigenvalue weighted by molar-refractivity contribution is 7.10. The highest BCUT2D eigenvalue weighted by atomic mass is 32.1. The second kappa shape index (κ2) is 6.17. The number of fused-ring (bicyclic) bond motifs is 2. The summed E-state index contributed by atoms with van der Waals surface area (Å²) in [5.41, 5.74) is 0.294. The van der Waals surface area contributed by atoms with Crippen molar-refractivity contribution in [2.45, 2.75) is 65.5 Å². The van der Waals surface area contributed by atoms with Gasteiger partial charge in [0.1, 0.15) is 6.10 Å². The Hall–Kier alpha value is -1.36. The van der Waals surface area contributed by atoms with Crippen molar-refractivity contribution in [1.29, 1.82) is 0 Å². The minimum atomic E-state index is -0.297. The van der Waals surface area contributed by atoms with E-state index < -0.39 is 0 Å². The second-order valence-electron chi connectivity index (χ2n) is 8.06. The third-order valence-electron chi connectivity index (χ3n) is 6.62. The molecule has 2 bridgehead atoms. The summed E-state index contributed by atoms with van der Waals surface area (Å²) in [5, 5.41) is 4.82. The summed E-state index contributed by atoms with van der Waals surface area (Å²) in [6, 6.07) is 3.58. The Kier molecular flexibility index (Phi) is 4.49. The van der Waals surface area contributed by atoms with Crippen molar-refractivity contribution >= 4 is 23.2 Å². The van der Waals surface area contributed by atoms with E-state index in [1.807, 2.05) is 17.5 Å². The van der Waals surface area contributed by atoms with Crippen LogP contribution in [0.1, 0.15) is 64.3 Å². The zero-order chi connectivity index (χ0) is 17.5. The van der Waals surface area contributed by atoms with Crippen LogP contribution in [0.15, 0.2) is 17.5 Å². The van der Waals surface area contributed by atoms with Gasteiger partial charge < -0.3 is 10.1 Å². The van der Waals surface area contributed by atoms with E-state index in [0.29, 0.717) is 5.92 Å². The van der Waals surface area contributed by atoms with Crippen molar-refractivity contribution in [1.82, 2.24) is 5.32 Å². The van der Waals surface area contributed by atoms with Gasteiger partial charge in [-0.15, -0.1) is 11.3 Å². The first kappa shape index (κ1) is 17.5. The molecule has 0 aliphatic heterocycles. The third kappa shape index (κ3) is 2.87. The normalized spacial score (nSPS) is 31.7. The lowest BCUT2D eigenvalue weighted by atomic mass is 9.70. The molecule has 2 fully saturated rings. The van der Waals surface area contributed by atoms with Crippen molar-refractivity contribution in [2.24, 2.45) is 16.7 Å². The van der Waals surface area contributed by atoms with Gasteiger partial charge in [0.2, 0.25) is 5.91 Å². The van der Waals surface area contributed by atoms with Crippen LogP contribution in [-0.4, -0.2) is 18.0 Å². The van der Waals surface area contributed by atoms with Crippen LogP contribution in [0.4, 0.5) is 0 Å². The van der Waals surface area contributed by atoms with Crippen molar-refractivity contribution < 1.29 is 14.3 Å². The molecule has 3 rings (SSSR count). The molecular weight excluding hydrogens is 322 g/mol. The molecule has 0 unspecified atom stereocenters. The minimum absolute atomic E-state index is 0.0000591. The summed E-state index contributed by atoms with van der Waals surface area (Å²) in [4.78, 5) is 25.0. The SMILES string of the molecule is CC(=O)N[C@H](CC(=O)O[C@@H]1C[C@H]2CC[C@@]1(C)C2(C)C)c1cccs1. The number of carbonyl (C=O) groups is 2. The number of nitrogens with one attached hydrogen (secondary N) is 1. The van der Waals surface area contributed by atoms with Crippen LogP contribution >= 0.6 is 11.3 Å². The molecule has 2 saturated carbocycles. The number of thiophene rings is 1. The molecule has 4 nitrogen and oxygen atoms in total. The van der Waals surface area contributed by atoms with E-state index in [-0.39, 0.29) is 41.3 Å². The minimum Gasteiger partial charge on any atom is -0.462 e. The Labute approximate surface area is 148 Å². The van der Waals surface area contributed by atoms with E-state index >= 15 is 0 Å². The Morgan fingerprint density at radius 1 is 1.42 bits per heavy atom. The number of esters is 1. The predicted molar refractivity (Wildman–Crippen MR) is 94.6 cm³/mol. The largest absolute Gasteiger partial charge is 0.462 e. The highest BCUT2D eigenvalue weighted by Gasteiger charge is 2.62. The maximum atomic E-state index is 12.5. The molecule has 1 heterocycles. The molecule has 0 aromatic carbocycles. The van der Waals surface area contributed by atoms with Crippen LogP contribution < -0.4 is 5.32 Å². The molecule has 1 N–H and O–H groups in total. The molecule has 0 saturated heterocycles. The zero-order valence-electron chi connectivity index (χ0n) is 14.9. The van der Waals surface area contributed by atoms with Gasteiger partial charge in [-0.25, -0.2) is 0 Å². The number of ether oxygens (including phenoxy) is 1. The van der Waals surface area contributed by atoms with Gasteiger partial charge in [0, 0.05) is 17.2 Å². The molecule has 5 heteroatoms. The number of hydrogen-bond donors (Lipinski definition) is 1. The fraction of sp³-hybridized carbons (Fsp3) is 0.684. The molecule has 2 aliphatic rings. The molecule has 132 valence electrons. The quantitative estimate of drug-likeness (QED) is 0.815. The Morgan fingerprint density at radius 3 is 2.67 bits per heavy atom. The van der Waals surface area contributed by atoms with Gasteiger partial charge in [-0.05, 0) is 42.0 Å². The van der Waals surface area contributed by atoms with Crippen LogP contribution in [0.2, 0.25) is 0 Å². The van der Waals surface area contributed by atoms with E-state index in [2.05, 4.69) is 26.1 Å². The number of carbonyl (C=O) groups excluding carboxylic acids is 2. The highest BCUT2D eigenvalue weighted by Crippen LogP contribution is 2.66. The van der Waals surface area contributed by atoms with E-state index in [9.17, 15) is 9.59 Å². The van der Waals surface area contributed by atoms with Gasteiger partial charge in [-0.2, -0.15) is 0 Å². The van der Waals surface area contributed by atoms with Gasteiger partial charge in [0.25, 0.3) is 0 Å². The molecule has 24 heavy (non-hydrogen) atoms. The summed E-state index contributed by atoms with van der Waals surface area (Å²) >= 11 is 1.55. The lowest BCUT2D eigenvalue weighted by molar-refractivity contribution is -0.157. The van der Waals surface area contributed by atoms with E-state index in [1.165, 1.54) is 13.3 Å². The third-order valence-corrected chi connectivity index (χ3v) is 7.61. The van der Waals surface area contributed by atoms with Gasteiger partial charge >= 0.3 is 5.97 Å². The van der Waals surface area contributed by atoms with Crippen molar-refractivity contribution in [3.05, 3.63) is 22.4 Å². The Balaban J connectivity index is 1.66. The first-order chi connectivity index (χ1) is 11.2. The van der Waals surface area contributed by atoms with Crippen molar-refractivity contribution in [3.8, 4) is 0 Å². The molecule has 2 aliphatic carbocycles. The first-order valence-electron chi connectivity index (χ1n) is 8.74. The maximum absolute atomic E-state index is 12.5. The number of hydrogen-bond acceptors (Lipinski definition) is 4. The average molecular weight is 349 g/mol. The van der Waals surface area contributed by atoms with Crippen molar-refractivity contribution in [2.75, 3.05) is 0 Å². The Morgan fingerprint density at radius 2 is 2.17 bits per heavy atom. The molecule has 4 atom stereocenters. The van der Waals surface area contributed by atoms with Gasteiger partial charge in [-0.3, -0.25) is 9.59 Å². The number of amides is 1. The zero-order valence-corrected chi connectivity index (χ0v) is 15.7. The second-order valence-corrected chi connectivity index (χ2v) is 9.04. The van der Waals surface area contributed by atoms with E-state index in [1.54, 1.807) is 11.3 Å². The van der Waals surface area contributed by atoms with Gasteiger partial charge in [0.15, 0.2) is 0 Å². The fourth-order valence-corrected chi connectivity index (χ4v) is 5.42. The van der Waals surface area contributed by atoms with E-state index in [4.69, 9.17) is 4.74 Å². The summed E-state index contributed by atoms with van der Waals surface area (Å²) in [6.07, 6.45) is 3.53. The van der Waals surface area contributed by atoms with Crippen LogP contribution in [0.5, 0.6) is 0 Å². The molecule has 0 radical (unpaired) electrons. The summed E-state index contributed by atoms with van der Waals surface area (Å²) < 4.78 is 5.91. The van der Waals surface area contributed by atoms with Gasteiger partial charge in [-0.1, -0.05) is 26.8 Å². The van der Waals surface area contributed by atoms with Crippen LogP contribution in [-0.2, 0) is 14.3 Å². The standard InChI is InChI=1S/C19H27NO3S/c1-12(21)20-14(15-6-5-9-24-15)11-17(22)23-16-10-13-7-8-19(16,4)18(13,2)3/h5-6,9,13-14,16H,7-8,10-11H2,1-4H3,(H,20,21)/t13-,14-,16-,19-/m1/s1. The maximum Gasteiger partial charge on any atom is 0.308 e. The van der Waals surface area contributed by atoms with Gasteiger partial charge in [0.05, 0.1) is 12.5 Å². The predicted octanol–water partition coefficient (Wildman–Crippen LogP) is 4.07. The van der Waals surface area contributed by atoms with Crippen LogP contribution in [0.25, 0.3) is 0 Å². The topological polar surface area (TPSA) is 55.4 Å². The fourth-order valence-electron chi connectivity index (χ4n) is 4.64. The smallest absolute Gasteiger partial charge is 0.308 e. The van der Waals surface area contributed by atoms with E-state index in [0.717, 1.165) is 17.7 Å². The van der Waals surface area contributed by atoms with Crippen LogP contribution in [0, 0.1) is 16.7 Å². The monoisotopic (exact) mass is 349 g/mol. The van der Waals surface area contributed by atoms with Crippen LogP contribution in [0.3, 0.4) is 0 Å². The first-order valence-corrected chi connectivity index (χ1v) is 9.62. The number of rotatable bonds is 5. The average Bonchev–Trinajstić information content (AvgIpc) is 3.12. The molecular formula is C19H27NO3S. The van der Waals surface area contributed by atoms with Crippen molar-refractivity contribution in [3.63, 3.8) is 0 Å². The Bertz CT molecular complexity index is 625. The molecule has 1 aromatic heterocycles. The summed E-state index contributed by atoms with van der Waals surface area (Å²) in [7, 11) is 0. The lowest BCUT2D eigenvalue weighted by Gasteiger charge is -2.38.